The van der Waals surface area contributed by atoms with E-state index >= 15 is 0 Å². The number of fused-ring (bicyclic) bond motifs is 1. The molecule has 2 aromatic rings. The molecule has 0 amide bonds. The van der Waals surface area contributed by atoms with Gasteiger partial charge in [-0.05, 0) is 18.6 Å². The second-order valence-corrected chi connectivity index (χ2v) is 5.04. The van der Waals surface area contributed by atoms with Crippen LogP contribution in [-0.4, -0.2) is 29.0 Å². The van der Waals surface area contributed by atoms with Crippen LogP contribution in [0.3, 0.4) is 0 Å². The fourth-order valence-corrected chi connectivity index (χ4v) is 2.63. The van der Waals surface area contributed by atoms with Crippen molar-refractivity contribution in [1.29, 1.82) is 0 Å². The standard InChI is InChI=1S/C15H17NO3/c17-14-5-7-16(13-4-2-1-3-12(13)14)9-15(18)11-6-8-19-10-11/h1-5,7,11,15,18H,6,8-10H2. The molecule has 2 unspecified atom stereocenters. The molecule has 100 valence electrons. The number of aliphatic hydroxyl groups is 1. The van der Waals surface area contributed by atoms with Crippen LogP contribution in [-0.2, 0) is 11.3 Å². The van der Waals surface area contributed by atoms with Gasteiger partial charge in [-0.1, -0.05) is 12.1 Å². The normalized spacial score (nSPS) is 20.8. The zero-order valence-electron chi connectivity index (χ0n) is 10.7. The minimum absolute atomic E-state index is 0.0190. The van der Waals surface area contributed by atoms with E-state index in [0.29, 0.717) is 18.5 Å². The van der Waals surface area contributed by atoms with Gasteiger partial charge in [-0.2, -0.15) is 0 Å². The summed E-state index contributed by atoms with van der Waals surface area (Å²) in [6.45, 7) is 1.85. The Morgan fingerprint density at radius 2 is 2.21 bits per heavy atom. The van der Waals surface area contributed by atoms with Crippen molar-refractivity contribution in [2.75, 3.05) is 13.2 Å². The van der Waals surface area contributed by atoms with E-state index in [4.69, 9.17) is 4.74 Å². The summed E-state index contributed by atoms with van der Waals surface area (Å²) in [5, 5.41) is 10.9. The van der Waals surface area contributed by atoms with Gasteiger partial charge in [0.15, 0.2) is 5.43 Å². The maximum atomic E-state index is 11.8. The van der Waals surface area contributed by atoms with Gasteiger partial charge in [-0.25, -0.2) is 0 Å². The van der Waals surface area contributed by atoms with E-state index in [0.717, 1.165) is 18.5 Å². The highest BCUT2D eigenvalue weighted by molar-refractivity contribution is 5.78. The van der Waals surface area contributed by atoms with Crippen LogP contribution < -0.4 is 5.43 Å². The quantitative estimate of drug-likeness (QED) is 0.906. The van der Waals surface area contributed by atoms with E-state index in [1.54, 1.807) is 12.3 Å². The zero-order valence-corrected chi connectivity index (χ0v) is 10.7. The summed E-state index contributed by atoms with van der Waals surface area (Å²) in [5.41, 5.74) is 0.888. The fraction of sp³-hybridized carbons (Fsp3) is 0.400. The number of aromatic nitrogens is 1. The Hall–Kier alpha value is -1.65. The smallest absolute Gasteiger partial charge is 0.189 e. The van der Waals surface area contributed by atoms with Gasteiger partial charge in [0.25, 0.3) is 0 Å². The Bertz CT molecular complexity index is 629. The molecule has 1 aromatic carbocycles. The van der Waals surface area contributed by atoms with E-state index in [1.807, 2.05) is 28.8 Å². The Labute approximate surface area is 111 Å². The van der Waals surface area contributed by atoms with Crippen molar-refractivity contribution in [2.45, 2.75) is 19.1 Å². The molecule has 1 saturated heterocycles. The van der Waals surface area contributed by atoms with Gasteiger partial charge in [0.2, 0.25) is 0 Å². The fourth-order valence-electron chi connectivity index (χ4n) is 2.63. The first-order valence-electron chi connectivity index (χ1n) is 6.60. The number of aliphatic hydroxyl groups excluding tert-OH is 1. The van der Waals surface area contributed by atoms with Crippen LogP contribution in [0.2, 0.25) is 0 Å². The molecule has 2 heterocycles. The second kappa shape index (κ2) is 5.15. The van der Waals surface area contributed by atoms with Crippen LogP contribution in [0.1, 0.15) is 6.42 Å². The van der Waals surface area contributed by atoms with Crippen LogP contribution in [0.4, 0.5) is 0 Å². The minimum atomic E-state index is -0.437. The van der Waals surface area contributed by atoms with Crippen LogP contribution >= 0.6 is 0 Å². The van der Waals surface area contributed by atoms with E-state index in [-0.39, 0.29) is 11.3 Å². The molecule has 0 spiro atoms. The maximum absolute atomic E-state index is 11.8. The molecule has 1 aromatic heterocycles. The van der Waals surface area contributed by atoms with Gasteiger partial charge in [0, 0.05) is 36.7 Å². The van der Waals surface area contributed by atoms with Crippen molar-refractivity contribution in [3.63, 3.8) is 0 Å². The molecule has 0 bridgehead atoms. The Kier molecular flexibility index (Phi) is 3.36. The van der Waals surface area contributed by atoms with E-state index < -0.39 is 6.10 Å². The monoisotopic (exact) mass is 259 g/mol. The van der Waals surface area contributed by atoms with Gasteiger partial charge in [-0.15, -0.1) is 0 Å². The SMILES string of the molecule is O=c1ccn(CC(O)C2CCOC2)c2ccccc12. The first-order chi connectivity index (χ1) is 9.25. The topological polar surface area (TPSA) is 51.5 Å². The second-order valence-electron chi connectivity index (χ2n) is 5.04. The molecule has 4 heteroatoms. The third kappa shape index (κ3) is 2.41. The summed E-state index contributed by atoms with van der Waals surface area (Å²) in [6, 6.07) is 9.05. The highest BCUT2D eigenvalue weighted by Crippen LogP contribution is 2.19. The molecule has 0 saturated carbocycles. The molecule has 0 aliphatic carbocycles. The summed E-state index contributed by atoms with van der Waals surface area (Å²) in [5.74, 6) is 0.193. The van der Waals surface area contributed by atoms with Crippen molar-refractivity contribution in [2.24, 2.45) is 5.92 Å². The highest BCUT2D eigenvalue weighted by atomic mass is 16.5. The number of rotatable bonds is 3. The summed E-state index contributed by atoms with van der Waals surface area (Å²) in [4.78, 5) is 11.8. The highest BCUT2D eigenvalue weighted by Gasteiger charge is 2.24. The molecule has 1 aliphatic rings. The van der Waals surface area contributed by atoms with Crippen molar-refractivity contribution in [3.05, 3.63) is 46.8 Å². The van der Waals surface area contributed by atoms with E-state index in [2.05, 4.69) is 0 Å². The Morgan fingerprint density at radius 1 is 1.37 bits per heavy atom. The molecule has 3 rings (SSSR count). The van der Waals surface area contributed by atoms with Gasteiger partial charge >= 0.3 is 0 Å². The predicted octanol–water partition coefficient (Wildman–Crippen LogP) is 1.40. The summed E-state index contributed by atoms with van der Waals surface area (Å²) < 4.78 is 7.25. The van der Waals surface area contributed by atoms with Gasteiger partial charge < -0.3 is 14.4 Å². The van der Waals surface area contributed by atoms with Gasteiger partial charge in [-0.3, -0.25) is 4.79 Å². The van der Waals surface area contributed by atoms with Crippen molar-refractivity contribution in [1.82, 2.24) is 4.57 Å². The third-order valence-corrected chi connectivity index (χ3v) is 3.78. The molecule has 19 heavy (non-hydrogen) atoms. The Morgan fingerprint density at radius 3 is 3.00 bits per heavy atom. The van der Waals surface area contributed by atoms with Gasteiger partial charge in [0.1, 0.15) is 0 Å². The summed E-state index contributed by atoms with van der Waals surface area (Å²) >= 11 is 0. The van der Waals surface area contributed by atoms with Gasteiger partial charge in [0.05, 0.1) is 18.2 Å². The van der Waals surface area contributed by atoms with Crippen molar-refractivity contribution >= 4 is 10.9 Å². The number of benzene rings is 1. The third-order valence-electron chi connectivity index (χ3n) is 3.78. The van der Waals surface area contributed by atoms with E-state index in [1.165, 1.54) is 0 Å². The molecule has 1 N–H and O–H groups in total. The molecule has 1 aliphatic heterocycles. The van der Waals surface area contributed by atoms with Crippen LogP contribution in [0.15, 0.2) is 41.3 Å². The Balaban J connectivity index is 1.92. The number of hydrogen-bond donors (Lipinski definition) is 1. The minimum Gasteiger partial charge on any atom is -0.391 e. The average Bonchev–Trinajstić information content (AvgIpc) is 2.96. The lowest BCUT2D eigenvalue weighted by atomic mass is 10.0. The summed E-state index contributed by atoms with van der Waals surface area (Å²) in [7, 11) is 0. The molecular formula is C15H17NO3. The lowest BCUT2D eigenvalue weighted by Gasteiger charge is -2.19. The molecule has 1 fully saturated rings. The molecular weight excluding hydrogens is 242 g/mol. The summed E-state index contributed by atoms with van der Waals surface area (Å²) in [6.07, 6.45) is 2.22. The molecule has 2 atom stereocenters. The van der Waals surface area contributed by atoms with Crippen LogP contribution in [0, 0.1) is 5.92 Å². The molecule has 4 nitrogen and oxygen atoms in total. The number of hydrogen-bond acceptors (Lipinski definition) is 3. The zero-order chi connectivity index (χ0) is 13.2. The lowest BCUT2D eigenvalue weighted by molar-refractivity contribution is 0.0786. The number of para-hydroxylation sites is 1. The molecule has 0 radical (unpaired) electrons. The first kappa shape index (κ1) is 12.4. The van der Waals surface area contributed by atoms with Crippen LogP contribution in [0.5, 0.6) is 0 Å². The van der Waals surface area contributed by atoms with Crippen molar-refractivity contribution < 1.29 is 9.84 Å². The van der Waals surface area contributed by atoms with Crippen molar-refractivity contribution in [3.8, 4) is 0 Å². The number of pyridine rings is 1. The average molecular weight is 259 g/mol. The first-order valence-corrected chi connectivity index (χ1v) is 6.60. The van der Waals surface area contributed by atoms with Crippen LogP contribution in [0.25, 0.3) is 10.9 Å². The van der Waals surface area contributed by atoms with E-state index in [9.17, 15) is 9.90 Å². The predicted molar refractivity (Wildman–Crippen MR) is 73.1 cm³/mol. The number of ether oxygens (including phenoxy) is 1. The maximum Gasteiger partial charge on any atom is 0.189 e. The largest absolute Gasteiger partial charge is 0.391 e. The lowest BCUT2D eigenvalue weighted by Crippen LogP contribution is -2.26. The number of nitrogens with zero attached hydrogens (tertiary/aromatic N) is 1.